The van der Waals surface area contributed by atoms with Gasteiger partial charge in [-0.25, -0.2) is 0 Å². The summed E-state index contributed by atoms with van der Waals surface area (Å²) in [7, 11) is -3.67. The molecule has 0 aliphatic rings. The largest absolute Gasteiger partial charge is 1.00 e. The third kappa shape index (κ3) is 22.6. The molecular formula is C3H11NaO3S3. The minimum Gasteiger partial charge on any atom is -1.00 e. The minimum absolute atomic E-state index is 0. The molecule has 0 fully saturated rings. The van der Waals surface area contributed by atoms with E-state index in [1.54, 1.807) is 6.92 Å². The molecule has 0 amide bonds. The Morgan fingerprint density at radius 1 is 1.50 bits per heavy atom. The van der Waals surface area contributed by atoms with Gasteiger partial charge in [-0.2, -0.15) is 8.42 Å². The first-order chi connectivity index (χ1) is 4.06. The Morgan fingerprint density at radius 3 is 1.80 bits per heavy atom. The van der Waals surface area contributed by atoms with Gasteiger partial charge >= 0.3 is 29.6 Å². The second-order valence-electron chi connectivity index (χ2n) is 1.29. The fourth-order valence-electron chi connectivity index (χ4n) is 0.258. The van der Waals surface area contributed by atoms with Crippen LogP contribution in [-0.2, 0) is 10.1 Å². The van der Waals surface area contributed by atoms with Crippen molar-refractivity contribution in [1.29, 1.82) is 0 Å². The van der Waals surface area contributed by atoms with Crippen LogP contribution in [0.3, 0.4) is 0 Å². The van der Waals surface area contributed by atoms with Gasteiger partial charge in [0.1, 0.15) is 0 Å². The van der Waals surface area contributed by atoms with E-state index in [2.05, 4.69) is 23.3 Å². The van der Waals surface area contributed by atoms with Gasteiger partial charge in [-0.05, 0) is 6.42 Å². The van der Waals surface area contributed by atoms with Crippen molar-refractivity contribution >= 4 is 33.4 Å². The second-order valence-corrected chi connectivity index (χ2v) is 2.86. The Bertz CT molecular complexity index is 137. The van der Waals surface area contributed by atoms with Gasteiger partial charge in [0.15, 0.2) is 0 Å². The summed E-state index contributed by atoms with van der Waals surface area (Å²) < 4.78 is 27.6. The van der Waals surface area contributed by atoms with Crippen molar-refractivity contribution < 1.29 is 44.0 Å². The Morgan fingerprint density at radius 2 is 1.80 bits per heavy atom. The molecule has 0 rings (SSSR count). The van der Waals surface area contributed by atoms with Gasteiger partial charge in [0.2, 0.25) is 0 Å². The van der Waals surface area contributed by atoms with E-state index in [9.17, 15) is 8.42 Å². The summed E-state index contributed by atoms with van der Waals surface area (Å²) in [6.45, 7) is 1.69. The van der Waals surface area contributed by atoms with E-state index in [1.165, 1.54) is 0 Å². The van der Waals surface area contributed by atoms with E-state index in [0.717, 1.165) is 0 Å². The molecule has 0 aromatic rings. The van der Waals surface area contributed by atoms with Crippen LogP contribution in [0.2, 0.25) is 0 Å². The van der Waals surface area contributed by atoms with E-state index >= 15 is 0 Å². The van der Waals surface area contributed by atoms with E-state index in [0.29, 0.717) is 6.42 Å². The first-order valence-corrected chi connectivity index (χ1v) is 5.42. The van der Waals surface area contributed by atoms with E-state index in [-0.39, 0.29) is 36.7 Å². The third-order valence-corrected chi connectivity index (χ3v) is 1.39. The average molecular weight is 214 g/mol. The Hall–Kier alpha value is 1.61. The van der Waals surface area contributed by atoms with Crippen molar-refractivity contribution in [3.63, 3.8) is 0 Å². The van der Waals surface area contributed by atoms with Gasteiger partial charge in [-0.15, -0.1) is 23.3 Å². The molecule has 7 heteroatoms. The molecule has 0 aromatic heterocycles. The average Bonchev–Trinajstić information content (AvgIpc) is 1.69. The van der Waals surface area contributed by atoms with E-state index in [1.807, 2.05) is 0 Å². The normalized spacial score (nSPS) is 8.80. The summed E-state index contributed by atoms with van der Waals surface area (Å²) in [4.78, 5) is 0. The summed E-state index contributed by atoms with van der Waals surface area (Å²) in [5.41, 5.74) is 0. The molecule has 0 aliphatic carbocycles. The Labute approximate surface area is 95.7 Å². The van der Waals surface area contributed by atoms with Crippen LogP contribution in [-0.4, -0.2) is 18.7 Å². The summed E-state index contributed by atoms with van der Waals surface area (Å²) in [6.07, 6.45) is 0.471. The van der Waals surface area contributed by atoms with E-state index in [4.69, 9.17) is 4.55 Å². The van der Waals surface area contributed by atoms with Crippen molar-refractivity contribution in [2.24, 2.45) is 0 Å². The van der Waals surface area contributed by atoms with Crippen LogP contribution in [0.5, 0.6) is 0 Å². The molecule has 0 bridgehead atoms. The molecule has 0 heterocycles. The second kappa shape index (κ2) is 10.6. The van der Waals surface area contributed by atoms with Crippen LogP contribution in [0.25, 0.3) is 0 Å². The van der Waals surface area contributed by atoms with E-state index < -0.39 is 10.1 Å². The Balaban J connectivity index is -0.0000000564. The SMILES string of the molecule is CCCS(=O)(=O)O.SS.[H-].[Na+]. The van der Waals surface area contributed by atoms with Crippen molar-refractivity contribution in [3.8, 4) is 0 Å². The van der Waals surface area contributed by atoms with Crippen LogP contribution < -0.4 is 29.6 Å². The predicted octanol–water partition coefficient (Wildman–Crippen LogP) is -1.84. The van der Waals surface area contributed by atoms with Crippen LogP contribution in [0.1, 0.15) is 14.8 Å². The molecule has 0 unspecified atom stereocenters. The maximum Gasteiger partial charge on any atom is 1.00 e. The smallest absolute Gasteiger partial charge is 1.00 e. The van der Waals surface area contributed by atoms with Crippen molar-refractivity contribution in [3.05, 3.63) is 0 Å². The summed E-state index contributed by atoms with van der Waals surface area (Å²) in [5, 5.41) is 0. The molecular weight excluding hydrogens is 203 g/mol. The molecule has 0 aliphatic heterocycles. The third-order valence-electron chi connectivity index (χ3n) is 0.462. The maximum atomic E-state index is 9.79. The fourth-order valence-corrected chi connectivity index (χ4v) is 0.774. The van der Waals surface area contributed by atoms with Crippen LogP contribution in [0.15, 0.2) is 0 Å². The van der Waals surface area contributed by atoms with Crippen molar-refractivity contribution in [1.82, 2.24) is 0 Å². The summed E-state index contributed by atoms with van der Waals surface area (Å²) in [5.74, 6) is -0.132. The van der Waals surface area contributed by atoms with Crippen molar-refractivity contribution in [2.75, 3.05) is 5.75 Å². The first-order valence-electron chi connectivity index (χ1n) is 2.21. The minimum atomic E-state index is -3.67. The molecule has 10 heavy (non-hydrogen) atoms. The predicted molar refractivity (Wildman–Crippen MR) is 45.8 cm³/mol. The number of hydrogen-bond donors (Lipinski definition) is 3. The standard InChI is InChI=1S/C3H8O3S.Na.H2S2.H/c1-2-3-7(4,5)6;;1-2;/h2-3H2,1H3,(H,4,5,6);;1-2H;/q;+1;;-1. The van der Waals surface area contributed by atoms with Gasteiger partial charge in [-0.1, -0.05) is 6.92 Å². The quantitative estimate of drug-likeness (QED) is 0.219. The fraction of sp³-hybridized carbons (Fsp3) is 1.00. The molecule has 0 radical (unpaired) electrons. The van der Waals surface area contributed by atoms with Gasteiger partial charge in [0.05, 0.1) is 5.75 Å². The summed E-state index contributed by atoms with van der Waals surface area (Å²) >= 11 is 6.44. The molecule has 60 valence electrons. The molecule has 0 saturated carbocycles. The van der Waals surface area contributed by atoms with Crippen LogP contribution in [0, 0.1) is 0 Å². The van der Waals surface area contributed by atoms with Crippen molar-refractivity contribution in [2.45, 2.75) is 13.3 Å². The van der Waals surface area contributed by atoms with Gasteiger partial charge < -0.3 is 1.43 Å². The maximum absolute atomic E-state index is 9.79. The van der Waals surface area contributed by atoms with Gasteiger partial charge in [0.25, 0.3) is 10.1 Å². The number of rotatable bonds is 2. The van der Waals surface area contributed by atoms with Crippen LogP contribution in [0.4, 0.5) is 0 Å². The molecule has 0 spiro atoms. The molecule has 0 saturated heterocycles. The topological polar surface area (TPSA) is 54.4 Å². The number of hydrogen-bond acceptors (Lipinski definition) is 4. The zero-order chi connectivity index (χ0) is 7.91. The summed E-state index contributed by atoms with van der Waals surface area (Å²) in [6, 6.07) is 0. The van der Waals surface area contributed by atoms with Gasteiger partial charge in [-0.3, -0.25) is 4.55 Å². The zero-order valence-electron chi connectivity index (χ0n) is 6.98. The molecule has 3 nitrogen and oxygen atoms in total. The molecule has 0 aromatic carbocycles. The molecule has 0 atom stereocenters. The first kappa shape index (κ1) is 17.6. The zero-order valence-corrected chi connectivity index (χ0v) is 10.6. The van der Waals surface area contributed by atoms with Crippen LogP contribution >= 0.6 is 23.3 Å². The van der Waals surface area contributed by atoms with Gasteiger partial charge in [0, 0.05) is 0 Å². The monoisotopic (exact) mass is 214 g/mol. The Kier molecular flexibility index (Phi) is 18.7. The molecule has 1 N–H and O–H groups in total. The number of thiol groups is 2.